The van der Waals surface area contributed by atoms with Crippen LogP contribution in [0, 0.1) is 0 Å². The molecule has 1 aliphatic heterocycles. The number of hydrogen-bond donors (Lipinski definition) is 0. The lowest BCUT2D eigenvalue weighted by Crippen LogP contribution is -2.34. The maximum Gasteiger partial charge on any atom is 0.278 e. The van der Waals surface area contributed by atoms with E-state index in [4.69, 9.17) is 18.9 Å². The second-order valence-corrected chi connectivity index (χ2v) is 2.86. The van der Waals surface area contributed by atoms with E-state index in [1.54, 1.807) is 24.3 Å². The van der Waals surface area contributed by atoms with E-state index in [1.165, 1.54) is 0 Å². The second-order valence-electron chi connectivity index (χ2n) is 2.86. The summed E-state index contributed by atoms with van der Waals surface area (Å²) in [7, 11) is 0. The van der Waals surface area contributed by atoms with Crippen molar-refractivity contribution in [2.24, 2.45) is 0 Å². The molecule has 80 valence electrons. The monoisotopic (exact) mass is 210 g/mol. The highest BCUT2D eigenvalue weighted by molar-refractivity contribution is 5.74. The van der Waals surface area contributed by atoms with Gasteiger partial charge in [-0.1, -0.05) is 0 Å². The zero-order valence-corrected chi connectivity index (χ0v) is 7.92. The van der Waals surface area contributed by atoms with Gasteiger partial charge < -0.3 is 14.2 Å². The summed E-state index contributed by atoms with van der Waals surface area (Å²) in [6.45, 7) is -0.302. The molecule has 2 rings (SSSR count). The average molecular weight is 210 g/mol. The van der Waals surface area contributed by atoms with Gasteiger partial charge in [0.2, 0.25) is 0 Å². The molecule has 0 aromatic heterocycles. The average Bonchev–Trinajstić information content (AvgIpc) is 2.23. The molecule has 1 aliphatic rings. The number of benzene rings is 1. The first kappa shape index (κ1) is 10.1. The number of carbonyl (C=O) groups excluding carboxylic acids is 1. The van der Waals surface area contributed by atoms with Crippen molar-refractivity contribution >= 4 is 6.29 Å². The quantitative estimate of drug-likeness (QED) is 0.538. The lowest BCUT2D eigenvalue weighted by atomic mass is 10.2. The van der Waals surface area contributed by atoms with Crippen LogP contribution in [0.4, 0.5) is 0 Å². The minimum atomic E-state index is -0.612. The van der Waals surface area contributed by atoms with E-state index in [9.17, 15) is 4.79 Å². The number of hydrogen-bond acceptors (Lipinski definition) is 5. The molecule has 0 bridgehead atoms. The number of ether oxygens (including phenoxy) is 4. The van der Waals surface area contributed by atoms with Gasteiger partial charge in [-0.05, 0) is 24.3 Å². The molecule has 0 unspecified atom stereocenters. The fourth-order valence-corrected chi connectivity index (χ4v) is 1.02. The summed E-state index contributed by atoms with van der Waals surface area (Å²) in [5.41, 5.74) is 0.605. The standard InChI is InChI=1S/C10H10O5/c11-5-8-1-3-9(4-2-8)12-6-13-10-14-7-15-10/h1-5,10H,6-7H2. The number of rotatable bonds is 5. The van der Waals surface area contributed by atoms with Crippen LogP contribution in [0.5, 0.6) is 5.75 Å². The van der Waals surface area contributed by atoms with Crippen LogP contribution in [-0.4, -0.2) is 26.3 Å². The van der Waals surface area contributed by atoms with Crippen LogP contribution < -0.4 is 4.74 Å². The third-order valence-electron chi connectivity index (χ3n) is 1.85. The summed E-state index contributed by atoms with van der Waals surface area (Å²) in [5, 5.41) is 0. The van der Waals surface area contributed by atoms with Crippen LogP contribution in [0.3, 0.4) is 0 Å². The van der Waals surface area contributed by atoms with Crippen LogP contribution in [0.15, 0.2) is 24.3 Å². The Balaban J connectivity index is 1.74. The van der Waals surface area contributed by atoms with E-state index in [-0.39, 0.29) is 13.6 Å². The predicted molar refractivity (Wildman–Crippen MR) is 49.2 cm³/mol. The van der Waals surface area contributed by atoms with E-state index in [0.717, 1.165) is 6.29 Å². The number of aldehydes is 1. The fourth-order valence-electron chi connectivity index (χ4n) is 1.02. The van der Waals surface area contributed by atoms with Crippen molar-refractivity contribution in [2.45, 2.75) is 6.48 Å². The molecular weight excluding hydrogens is 200 g/mol. The maximum atomic E-state index is 10.4. The minimum Gasteiger partial charge on any atom is -0.467 e. The van der Waals surface area contributed by atoms with Gasteiger partial charge in [-0.15, -0.1) is 0 Å². The van der Waals surface area contributed by atoms with E-state index in [1.807, 2.05) is 0 Å². The Morgan fingerprint density at radius 3 is 2.60 bits per heavy atom. The third-order valence-corrected chi connectivity index (χ3v) is 1.85. The predicted octanol–water partition coefficient (Wildman–Crippen LogP) is 1.14. The van der Waals surface area contributed by atoms with Gasteiger partial charge in [0.25, 0.3) is 6.48 Å². The van der Waals surface area contributed by atoms with Gasteiger partial charge in [0.15, 0.2) is 13.6 Å². The Kier molecular flexibility index (Phi) is 3.29. The largest absolute Gasteiger partial charge is 0.467 e. The molecule has 1 saturated heterocycles. The van der Waals surface area contributed by atoms with Crippen LogP contribution in [-0.2, 0) is 14.2 Å². The summed E-state index contributed by atoms with van der Waals surface area (Å²) in [4.78, 5) is 10.4. The van der Waals surface area contributed by atoms with Gasteiger partial charge in [-0.3, -0.25) is 9.53 Å². The van der Waals surface area contributed by atoms with Crippen molar-refractivity contribution in [1.82, 2.24) is 0 Å². The van der Waals surface area contributed by atoms with Crippen molar-refractivity contribution in [1.29, 1.82) is 0 Å². The summed E-state index contributed by atoms with van der Waals surface area (Å²) in [6.07, 6.45) is 0.774. The maximum absolute atomic E-state index is 10.4. The molecule has 0 saturated carbocycles. The fraction of sp³-hybridized carbons (Fsp3) is 0.300. The molecule has 1 heterocycles. The van der Waals surface area contributed by atoms with Crippen LogP contribution in [0.25, 0.3) is 0 Å². The Hall–Kier alpha value is -1.43. The van der Waals surface area contributed by atoms with Crippen LogP contribution in [0.2, 0.25) is 0 Å². The molecule has 1 fully saturated rings. The number of carbonyl (C=O) groups is 1. The zero-order chi connectivity index (χ0) is 10.5. The zero-order valence-electron chi connectivity index (χ0n) is 7.92. The van der Waals surface area contributed by atoms with Crippen molar-refractivity contribution < 1.29 is 23.7 Å². The van der Waals surface area contributed by atoms with Gasteiger partial charge in [-0.25, -0.2) is 0 Å². The third kappa shape index (κ3) is 2.76. The lowest BCUT2D eigenvalue weighted by molar-refractivity contribution is -0.428. The molecular formula is C10H10O5. The van der Waals surface area contributed by atoms with E-state index in [0.29, 0.717) is 11.3 Å². The molecule has 5 heteroatoms. The summed E-state index contributed by atoms with van der Waals surface area (Å²) in [5.74, 6) is 0.625. The smallest absolute Gasteiger partial charge is 0.278 e. The minimum absolute atomic E-state index is 0.0467. The highest BCUT2D eigenvalue weighted by atomic mass is 17.0. The Morgan fingerprint density at radius 2 is 2.07 bits per heavy atom. The van der Waals surface area contributed by atoms with Crippen molar-refractivity contribution in [2.75, 3.05) is 13.6 Å². The molecule has 0 atom stereocenters. The van der Waals surface area contributed by atoms with Gasteiger partial charge in [0.1, 0.15) is 12.0 Å². The van der Waals surface area contributed by atoms with Gasteiger partial charge >= 0.3 is 0 Å². The first-order valence-corrected chi connectivity index (χ1v) is 4.41. The van der Waals surface area contributed by atoms with Gasteiger partial charge in [0, 0.05) is 5.56 Å². The lowest BCUT2D eigenvalue weighted by Gasteiger charge is -2.25. The van der Waals surface area contributed by atoms with Gasteiger partial charge in [0.05, 0.1) is 0 Å². The molecule has 5 nitrogen and oxygen atoms in total. The van der Waals surface area contributed by atoms with Crippen molar-refractivity contribution in [3.05, 3.63) is 29.8 Å². The highest BCUT2D eigenvalue weighted by Crippen LogP contribution is 2.13. The Bertz CT molecular complexity index is 317. The Labute approximate surface area is 86.5 Å². The van der Waals surface area contributed by atoms with E-state index < -0.39 is 6.48 Å². The second kappa shape index (κ2) is 4.88. The molecule has 0 N–H and O–H groups in total. The van der Waals surface area contributed by atoms with Crippen molar-refractivity contribution in [3.8, 4) is 5.75 Å². The molecule has 1 aromatic rings. The van der Waals surface area contributed by atoms with Crippen LogP contribution in [0.1, 0.15) is 10.4 Å². The molecule has 1 aromatic carbocycles. The topological polar surface area (TPSA) is 54.0 Å². The van der Waals surface area contributed by atoms with E-state index in [2.05, 4.69) is 0 Å². The molecule has 0 aliphatic carbocycles. The highest BCUT2D eigenvalue weighted by Gasteiger charge is 2.18. The molecule has 0 amide bonds. The first-order chi connectivity index (χ1) is 7.38. The summed E-state index contributed by atoms with van der Waals surface area (Å²) >= 11 is 0. The van der Waals surface area contributed by atoms with E-state index >= 15 is 0 Å². The van der Waals surface area contributed by atoms with Crippen molar-refractivity contribution in [3.63, 3.8) is 0 Å². The first-order valence-electron chi connectivity index (χ1n) is 4.41. The Morgan fingerprint density at radius 1 is 1.33 bits per heavy atom. The summed E-state index contributed by atoms with van der Waals surface area (Å²) < 4.78 is 19.9. The SMILES string of the molecule is O=Cc1ccc(OCOC2OCO2)cc1. The molecule has 0 radical (unpaired) electrons. The molecule has 15 heavy (non-hydrogen) atoms. The van der Waals surface area contributed by atoms with Gasteiger partial charge in [-0.2, -0.15) is 0 Å². The summed E-state index contributed by atoms with van der Waals surface area (Å²) in [6, 6.07) is 6.71. The van der Waals surface area contributed by atoms with Crippen LogP contribution >= 0.6 is 0 Å². The molecule has 0 spiro atoms. The normalized spacial score (nSPS) is 15.7.